The van der Waals surface area contributed by atoms with Gasteiger partial charge in [-0.1, -0.05) is 20.8 Å². The Labute approximate surface area is 200 Å². The second kappa shape index (κ2) is 8.94. The topological polar surface area (TPSA) is 71.1 Å². The zero-order valence-corrected chi connectivity index (χ0v) is 20.6. The van der Waals surface area contributed by atoms with Gasteiger partial charge in [-0.2, -0.15) is 13.1 Å². The first kappa shape index (κ1) is 25.2. The molecule has 2 atom stereocenters. The third-order valence-electron chi connectivity index (χ3n) is 8.62. The van der Waals surface area contributed by atoms with E-state index in [0.717, 1.165) is 57.8 Å². The quantitative estimate of drug-likeness (QED) is 0.164. The maximum atomic E-state index is 13.6. The van der Waals surface area contributed by atoms with E-state index in [1.54, 1.807) is 0 Å². The van der Waals surface area contributed by atoms with Gasteiger partial charge in [0.15, 0.2) is 0 Å². The van der Waals surface area contributed by atoms with Crippen molar-refractivity contribution < 1.29 is 37.1 Å². The summed E-state index contributed by atoms with van der Waals surface area (Å²) in [6.45, 7) is 6.63. The highest BCUT2D eigenvalue weighted by molar-refractivity contribution is 7.74. The predicted octanol–water partition coefficient (Wildman–Crippen LogP) is 5.65. The number of carbonyl (C=O) groups excluding carboxylic acids is 2. The van der Waals surface area contributed by atoms with Crippen molar-refractivity contribution in [2.45, 2.75) is 96.7 Å². The van der Waals surface area contributed by atoms with Crippen LogP contribution in [0.3, 0.4) is 0 Å². The van der Waals surface area contributed by atoms with Gasteiger partial charge in [-0.15, -0.1) is 4.89 Å². The van der Waals surface area contributed by atoms with Crippen LogP contribution in [0.5, 0.6) is 0 Å². The van der Waals surface area contributed by atoms with Gasteiger partial charge in [0.2, 0.25) is 0 Å². The van der Waals surface area contributed by atoms with Crippen LogP contribution in [0.4, 0.5) is 8.78 Å². The lowest BCUT2D eigenvalue weighted by atomic mass is 9.48. The van der Waals surface area contributed by atoms with Crippen LogP contribution >= 0.6 is 12.9 Å². The minimum absolute atomic E-state index is 0.0672. The number of alkyl halides is 2. The number of hydrogen-bond acceptors (Lipinski definition) is 7. The second-order valence-electron chi connectivity index (χ2n) is 12.2. The van der Waals surface area contributed by atoms with Gasteiger partial charge in [-0.05, 0) is 87.4 Å². The highest BCUT2D eigenvalue weighted by atomic mass is 32.1. The Bertz CT molecular complexity index is 745. The third kappa shape index (κ3) is 5.35. The second-order valence-corrected chi connectivity index (χ2v) is 12.4. The van der Waals surface area contributed by atoms with E-state index in [2.05, 4.69) is 42.9 Å². The van der Waals surface area contributed by atoms with E-state index in [4.69, 9.17) is 9.47 Å². The van der Waals surface area contributed by atoms with Crippen LogP contribution in [0.1, 0.15) is 85.0 Å². The summed E-state index contributed by atoms with van der Waals surface area (Å²) in [5, 5.41) is 0. The van der Waals surface area contributed by atoms with E-state index >= 15 is 0 Å². The summed E-state index contributed by atoms with van der Waals surface area (Å²) in [5.74, 6) is -0.647. The van der Waals surface area contributed by atoms with E-state index in [0.29, 0.717) is 24.2 Å². The van der Waals surface area contributed by atoms with Crippen LogP contribution in [-0.4, -0.2) is 30.3 Å². The van der Waals surface area contributed by atoms with E-state index in [9.17, 15) is 18.4 Å². The molecule has 0 saturated heterocycles. The Kier molecular flexibility index (Phi) is 6.82. The molecule has 188 valence electrons. The highest BCUT2D eigenvalue weighted by Gasteiger charge is 2.60. The molecule has 5 saturated carbocycles. The molecule has 5 rings (SSSR count). The van der Waals surface area contributed by atoms with Crippen molar-refractivity contribution in [3.8, 4) is 0 Å². The summed E-state index contributed by atoms with van der Waals surface area (Å²) in [4.78, 5) is 28.6. The molecule has 6 nitrogen and oxygen atoms in total. The molecule has 33 heavy (non-hydrogen) atoms. The first-order chi connectivity index (χ1) is 15.4. The van der Waals surface area contributed by atoms with Crippen molar-refractivity contribution in [2.75, 3.05) is 6.61 Å². The number of esters is 2. The van der Waals surface area contributed by atoms with Crippen molar-refractivity contribution >= 4 is 24.8 Å². The van der Waals surface area contributed by atoms with Crippen LogP contribution in [0.2, 0.25) is 0 Å². The first-order valence-electron chi connectivity index (χ1n) is 12.1. The van der Waals surface area contributed by atoms with Gasteiger partial charge >= 0.3 is 18.0 Å². The average molecular weight is 491 g/mol. The van der Waals surface area contributed by atoms with E-state index in [1.165, 1.54) is 0 Å². The summed E-state index contributed by atoms with van der Waals surface area (Å²) < 4.78 is 42.1. The molecule has 4 bridgehead atoms. The summed E-state index contributed by atoms with van der Waals surface area (Å²) in [6.07, 6.45) is 4.39. The van der Waals surface area contributed by atoms with Gasteiger partial charge in [0.1, 0.15) is 5.60 Å². The molecule has 0 aromatic carbocycles. The van der Waals surface area contributed by atoms with E-state index in [-0.39, 0.29) is 23.9 Å². The van der Waals surface area contributed by atoms with E-state index < -0.39 is 23.1 Å². The number of thiol groups is 1. The lowest BCUT2D eigenvalue weighted by Crippen LogP contribution is -2.59. The maximum Gasteiger partial charge on any atom is 0.483 e. The number of halogens is 2. The van der Waals surface area contributed by atoms with Crippen LogP contribution < -0.4 is 0 Å². The normalized spacial score (nSPS) is 38.2. The fourth-order valence-corrected chi connectivity index (χ4v) is 7.62. The molecule has 0 amide bonds. The molecule has 0 aromatic heterocycles. The molecule has 0 N–H and O–H groups in total. The third-order valence-corrected chi connectivity index (χ3v) is 8.69. The van der Waals surface area contributed by atoms with Crippen molar-refractivity contribution in [3.05, 3.63) is 0 Å². The molecule has 0 aromatic rings. The standard InChI is InChI=1S/C24H36F2O6S/c1-21(2,3)18-6-4-17(5-7-18)19(27)30-23-11-15-8-16(12-23)10-22(9-15,13-23)14-29-20(28)24(25,26)31-32-33/h15-18,33H,4-14H2,1-3H3. The molecule has 2 unspecified atom stereocenters. The van der Waals surface area contributed by atoms with Gasteiger partial charge in [-0.25, -0.2) is 4.79 Å². The number of hydrogen-bond donors (Lipinski definition) is 1. The highest BCUT2D eigenvalue weighted by Crippen LogP contribution is 2.63. The van der Waals surface area contributed by atoms with E-state index in [1.807, 2.05) is 0 Å². The number of ether oxygens (including phenoxy) is 2. The Morgan fingerprint density at radius 3 is 2.15 bits per heavy atom. The van der Waals surface area contributed by atoms with Crippen molar-refractivity contribution in [1.29, 1.82) is 0 Å². The zero-order valence-electron chi connectivity index (χ0n) is 19.7. The Balaban J connectivity index is 1.39. The summed E-state index contributed by atoms with van der Waals surface area (Å²) in [6, 6.07) is 0. The summed E-state index contributed by atoms with van der Waals surface area (Å²) in [7, 11) is 0. The van der Waals surface area contributed by atoms with Gasteiger partial charge in [0.05, 0.1) is 12.5 Å². The SMILES string of the molecule is CC(C)(C)C1CCC(C(=O)OC23CC4CC(CC(COC(=O)C(F)(F)OOS)(C4)C2)C3)CC1. The van der Waals surface area contributed by atoms with Crippen LogP contribution in [0.15, 0.2) is 0 Å². The van der Waals surface area contributed by atoms with Crippen molar-refractivity contribution in [1.82, 2.24) is 0 Å². The van der Waals surface area contributed by atoms with Gasteiger partial charge in [0.25, 0.3) is 0 Å². The fourth-order valence-electron chi connectivity index (χ4n) is 7.53. The van der Waals surface area contributed by atoms with Gasteiger partial charge in [-0.3, -0.25) is 4.79 Å². The smallest absolute Gasteiger partial charge is 0.459 e. The van der Waals surface area contributed by atoms with Crippen LogP contribution in [-0.2, 0) is 28.3 Å². The minimum atomic E-state index is -4.22. The molecule has 0 radical (unpaired) electrons. The number of carbonyl (C=O) groups is 2. The minimum Gasteiger partial charge on any atom is -0.459 e. The Morgan fingerprint density at radius 1 is 1.00 bits per heavy atom. The molecule has 0 aliphatic heterocycles. The molecular weight excluding hydrogens is 454 g/mol. The molecule has 5 aliphatic carbocycles. The van der Waals surface area contributed by atoms with Gasteiger partial charge in [0, 0.05) is 18.3 Å². The molecule has 9 heteroatoms. The summed E-state index contributed by atoms with van der Waals surface area (Å²) >= 11 is 3.10. The fraction of sp³-hybridized carbons (Fsp3) is 0.917. The summed E-state index contributed by atoms with van der Waals surface area (Å²) in [5.41, 5.74) is -0.761. The maximum absolute atomic E-state index is 13.6. The largest absolute Gasteiger partial charge is 0.483 e. The molecular formula is C24H36F2O6S. The average Bonchev–Trinajstić information content (AvgIpc) is 2.70. The zero-order chi connectivity index (χ0) is 24.1. The Hall–Kier alpha value is -0.930. The number of rotatable bonds is 7. The lowest BCUT2D eigenvalue weighted by Gasteiger charge is -2.61. The Morgan fingerprint density at radius 2 is 1.61 bits per heavy atom. The van der Waals surface area contributed by atoms with Crippen LogP contribution in [0, 0.1) is 34.5 Å². The molecule has 5 fully saturated rings. The van der Waals surface area contributed by atoms with Gasteiger partial charge < -0.3 is 9.47 Å². The first-order valence-corrected chi connectivity index (χ1v) is 12.5. The molecule has 0 heterocycles. The monoisotopic (exact) mass is 490 g/mol. The lowest BCUT2D eigenvalue weighted by molar-refractivity contribution is -0.370. The predicted molar refractivity (Wildman–Crippen MR) is 118 cm³/mol. The molecule has 5 aliphatic rings. The van der Waals surface area contributed by atoms with Crippen molar-refractivity contribution in [3.63, 3.8) is 0 Å². The van der Waals surface area contributed by atoms with Crippen LogP contribution in [0.25, 0.3) is 0 Å². The van der Waals surface area contributed by atoms with Crippen molar-refractivity contribution in [2.24, 2.45) is 34.5 Å². The molecule has 0 spiro atoms.